The Labute approximate surface area is 124 Å². The molecule has 0 aromatic heterocycles. The van der Waals surface area contributed by atoms with Gasteiger partial charge in [-0.3, -0.25) is 0 Å². The Morgan fingerprint density at radius 2 is 1.74 bits per heavy atom. The van der Waals surface area contributed by atoms with Crippen molar-refractivity contribution in [2.45, 2.75) is 37.9 Å². The van der Waals surface area contributed by atoms with Gasteiger partial charge < -0.3 is 0 Å². The molecular weight excluding hydrogens is 326 g/mol. The van der Waals surface area contributed by atoms with E-state index in [0.717, 1.165) is 22.9 Å². The summed E-state index contributed by atoms with van der Waals surface area (Å²) in [6.45, 7) is 0.596. The van der Waals surface area contributed by atoms with Crippen LogP contribution in [0.25, 0.3) is 0 Å². The number of hydrogen-bond donors (Lipinski definition) is 1. The maximum absolute atomic E-state index is 12.0. The smallest absolute Gasteiger partial charge is 0.215 e. The van der Waals surface area contributed by atoms with Gasteiger partial charge in [0.15, 0.2) is 0 Å². The molecule has 1 aliphatic carbocycles. The first-order valence-corrected chi connectivity index (χ1v) is 9.21. The van der Waals surface area contributed by atoms with Crippen molar-refractivity contribution in [3.63, 3.8) is 0 Å². The molecule has 106 valence electrons. The maximum atomic E-state index is 12.0. The third-order valence-electron chi connectivity index (χ3n) is 3.59. The molecule has 0 saturated heterocycles. The normalized spacial score (nSPS) is 17.5. The van der Waals surface area contributed by atoms with Crippen molar-refractivity contribution in [1.82, 2.24) is 4.72 Å². The number of benzene rings is 1. The molecule has 19 heavy (non-hydrogen) atoms. The van der Waals surface area contributed by atoms with Gasteiger partial charge in [-0.05, 0) is 36.5 Å². The van der Waals surface area contributed by atoms with Gasteiger partial charge in [-0.2, -0.15) is 0 Å². The molecular formula is C14H20BrNO2S. The molecule has 1 aliphatic rings. The predicted octanol–water partition coefficient (Wildman–Crippen LogP) is 3.45. The van der Waals surface area contributed by atoms with Crippen LogP contribution in [0, 0.1) is 5.92 Å². The number of nitrogens with one attached hydrogen (secondary N) is 1. The molecule has 1 saturated carbocycles. The van der Waals surface area contributed by atoms with E-state index in [0.29, 0.717) is 12.5 Å². The third kappa shape index (κ3) is 5.24. The molecule has 2 rings (SSSR count). The molecule has 0 heterocycles. The van der Waals surface area contributed by atoms with Crippen LogP contribution >= 0.6 is 15.9 Å². The summed E-state index contributed by atoms with van der Waals surface area (Å²) in [6.07, 6.45) is 6.07. The van der Waals surface area contributed by atoms with Crippen LogP contribution in [0.2, 0.25) is 0 Å². The fourth-order valence-corrected chi connectivity index (χ4v) is 3.97. The van der Waals surface area contributed by atoms with E-state index in [1.54, 1.807) is 0 Å². The van der Waals surface area contributed by atoms with E-state index >= 15 is 0 Å². The van der Waals surface area contributed by atoms with Crippen molar-refractivity contribution in [3.05, 3.63) is 34.3 Å². The predicted molar refractivity (Wildman–Crippen MR) is 81.3 cm³/mol. The highest BCUT2D eigenvalue weighted by Crippen LogP contribution is 2.23. The second-order valence-corrected chi connectivity index (χ2v) is 7.96. The Balaban J connectivity index is 1.85. The number of hydrogen-bond acceptors (Lipinski definition) is 2. The van der Waals surface area contributed by atoms with Gasteiger partial charge >= 0.3 is 0 Å². The molecule has 0 aliphatic heterocycles. The van der Waals surface area contributed by atoms with Crippen molar-refractivity contribution < 1.29 is 8.42 Å². The molecule has 1 N–H and O–H groups in total. The second-order valence-electron chi connectivity index (χ2n) is 5.24. The van der Waals surface area contributed by atoms with Gasteiger partial charge in [0, 0.05) is 11.0 Å². The van der Waals surface area contributed by atoms with Crippen LogP contribution in [0.4, 0.5) is 0 Å². The zero-order chi connectivity index (χ0) is 13.7. The Kier molecular flexibility index (Phi) is 5.42. The minimum Gasteiger partial charge on any atom is -0.215 e. The van der Waals surface area contributed by atoms with E-state index in [1.165, 1.54) is 19.3 Å². The van der Waals surface area contributed by atoms with Gasteiger partial charge in [-0.1, -0.05) is 47.3 Å². The third-order valence-corrected chi connectivity index (χ3v) is 5.44. The van der Waals surface area contributed by atoms with Crippen LogP contribution in [0.5, 0.6) is 0 Å². The van der Waals surface area contributed by atoms with Gasteiger partial charge in [0.2, 0.25) is 10.0 Å². The van der Waals surface area contributed by atoms with Gasteiger partial charge in [-0.25, -0.2) is 13.1 Å². The molecule has 0 spiro atoms. The quantitative estimate of drug-likeness (QED) is 0.888. The minimum atomic E-state index is -3.21. The average Bonchev–Trinajstić information content (AvgIpc) is 2.40. The van der Waals surface area contributed by atoms with E-state index < -0.39 is 10.0 Å². The van der Waals surface area contributed by atoms with Crippen LogP contribution in [-0.4, -0.2) is 15.0 Å². The van der Waals surface area contributed by atoms with Crippen molar-refractivity contribution in [2.75, 3.05) is 6.54 Å². The van der Waals surface area contributed by atoms with Crippen LogP contribution in [0.1, 0.15) is 37.7 Å². The van der Waals surface area contributed by atoms with E-state index in [1.807, 2.05) is 24.3 Å². The molecule has 5 heteroatoms. The largest absolute Gasteiger partial charge is 0.215 e. The van der Waals surface area contributed by atoms with E-state index in [4.69, 9.17) is 0 Å². The number of rotatable bonds is 5. The first kappa shape index (κ1) is 15.0. The van der Waals surface area contributed by atoms with Crippen LogP contribution < -0.4 is 4.72 Å². The summed E-state index contributed by atoms with van der Waals surface area (Å²) >= 11 is 3.34. The number of halogens is 1. The van der Waals surface area contributed by atoms with Crippen molar-refractivity contribution >= 4 is 26.0 Å². The Hall–Kier alpha value is -0.390. The van der Waals surface area contributed by atoms with E-state index in [-0.39, 0.29) is 5.75 Å². The summed E-state index contributed by atoms with van der Waals surface area (Å²) < 4.78 is 27.7. The minimum absolute atomic E-state index is 0.0625. The molecule has 0 unspecified atom stereocenters. The monoisotopic (exact) mass is 345 g/mol. The maximum Gasteiger partial charge on any atom is 0.215 e. The summed E-state index contributed by atoms with van der Waals surface area (Å²) in [5.41, 5.74) is 0.819. The first-order chi connectivity index (χ1) is 9.05. The fourth-order valence-electron chi connectivity index (χ4n) is 2.49. The molecule has 0 radical (unpaired) electrons. The molecule has 0 amide bonds. The summed E-state index contributed by atoms with van der Waals surface area (Å²) in [4.78, 5) is 0. The number of sulfonamides is 1. The molecule has 1 aromatic rings. The van der Waals surface area contributed by atoms with E-state index in [2.05, 4.69) is 20.7 Å². The zero-order valence-corrected chi connectivity index (χ0v) is 13.3. The Morgan fingerprint density at radius 1 is 1.11 bits per heavy atom. The van der Waals surface area contributed by atoms with Crippen LogP contribution in [0.15, 0.2) is 28.7 Å². The van der Waals surface area contributed by atoms with Crippen molar-refractivity contribution in [3.8, 4) is 0 Å². The summed E-state index contributed by atoms with van der Waals surface area (Å²) in [6, 6.07) is 7.41. The molecule has 0 atom stereocenters. The highest BCUT2D eigenvalue weighted by Gasteiger charge is 2.17. The summed E-state index contributed by atoms with van der Waals surface area (Å²) in [5.74, 6) is 0.584. The highest BCUT2D eigenvalue weighted by atomic mass is 79.9. The molecule has 1 aromatic carbocycles. The second kappa shape index (κ2) is 6.86. The van der Waals surface area contributed by atoms with Gasteiger partial charge in [-0.15, -0.1) is 0 Å². The fraction of sp³-hybridized carbons (Fsp3) is 0.571. The van der Waals surface area contributed by atoms with Crippen molar-refractivity contribution in [2.24, 2.45) is 5.92 Å². The van der Waals surface area contributed by atoms with E-state index in [9.17, 15) is 8.42 Å². The Morgan fingerprint density at radius 3 is 2.37 bits per heavy atom. The average molecular weight is 346 g/mol. The first-order valence-electron chi connectivity index (χ1n) is 6.77. The van der Waals surface area contributed by atoms with Crippen molar-refractivity contribution in [1.29, 1.82) is 0 Å². The Bertz CT molecular complexity index is 493. The lowest BCUT2D eigenvalue weighted by Gasteiger charge is -2.21. The molecule has 3 nitrogen and oxygen atoms in total. The van der Waals surface area contributed by atoms with Gasteiger partial charge in [0.05, 0.1) is 5.75 Å². The summed E-state index contributed by atoms with van der Waals surface area (Å²) in [7, 11) is -3.21. The van der Waals surface area contributed by atoms with Gasteiger partial charge in [0.1, 0.15) is 0 Å². The topological polar surface area (TPSA) is 46.2 Å². The lowest BCUT2D eigenvalue weighted by Crippen LogP contribution is -2.31. The molecule has 0 bridgehead atoms. The SMILES string of the molecule is O=S(=O)(Cc1ccc(Br)cc1)NCC1CCCCC1. The van der Waals surface area contributed by atoms with Crippen LogP contribution in [0.3, 0.4) is 0 Å². The zero-order valence-electron chi connectivity index (χ0n) is 10.9. The highest BCUT2D eigenvalue weighted by molar-refractivity contribution is 9.10. The standard InChI is InChI=1S/C14H20BrNO2S/c15-14-8-6-13(7-9-14)11-19(17,18)16-10-12-4-2-1-3-5-12/h6-9,12,16H,1-5,10-11H2. The molecule has 1 fully saturated rings. The lowest BCUT2D eigenvalue weighted by molar-refractivity contribution is 0.357. The van der Waals surface area contributed by atoms with Crippen LogP contribution in [-0.2, 0) is 15.8 Å². The summed E-state index contributed by atoms with van der Waals surface area (Å²) in [5, 5.41) is 0. The van der Waals surface area contributed by atoms with Gasteiger partial charge in [0.25, 0.3) is 0 Å². The lowest BCUT2D eigenvalue weighted by atomic mass is 9.90.